The number of nitrogen functional groups attached to an aromatic ring is 1. The van der Waals surface area contributed by atoms with Crippen LogP contribution in [0.4, 0.5) is 15.2 Å². The van der Waals surface area contributed by atoms with E-state index in [1.54, 1.807) is 13.0 Å². The van der Waals surface area contributed by atoms with Crippen molar-refractivity contribution in [1.82, 2.24) is 9.97 Å². The van der Waals surface area contributed by atoms with Gasteiger partial charge in [-0.15, -0.1) is 0 Å². The number of anilines is 2. The number of thiazole rings is 1. The van der Waals surface area contributed by atoms with Crippen LogP contribution in [0.15, 0.2) is 39.3 Å². The van der Waals surface area contributed by atoms with Gasteiger partial charge < -0.3 is 5.73 Å². The molecule has 0 aliphatic heterocycles. The molecule has 0 amide bonds. The smallest absolute Gasteiger partial charge is 0.281 e. The summed E-state index contributed by atoms with van der Waals surface area (Å²) in [4.78, 5) is 8.11. The molecule has 0 spiro atoms. The van der Waals surface area contributed by atoms with Gasteiger partial charge >= 0.3 is 0 Å². The first kappa shape index (κ1) is 19.0. The predicted octanol–water partition coefficient (Wildman–Crippen LogP) is 4.45. The number of hydrogen-bond acceptors (Lipinski definition) is 6. The van der Waals surface area contributed by atoms with Crippen LogP contribution in [0.5, 0.6) is 0 Å². The van der Waals surface area contributed by atoms with Crippen LogP contribution in [0.25, 0.3) is 11.3 Å². The minimum atomic E-state index is -3.95. The molecule has 0 saturated carbocycles. The second-order valence-electron chi connectivity index (χ2n) is 5.27. The van der Waals surface area contributed by atoms with Gasteiger partial charge in [-0.2, -0.15) is 8.42 Å². The topological polar surface area (TPSA) is 98.0 Å². The fourth-order valence-electron chi connectivity index (χ4n) is 2.20. The highest BCUT2D eigenvalue weighted by molar-refractivity contribution is 9.11. The van der Waals surface area contributed by atoms with Crippen LogP contribution in [0.1, 0.15) is 5.56 Å². The Morgan fingerprint density at radius 2 is 2.08 bits per heavy atom. The molecule has 0 aliphatic carbocycles. The molecular formula is C15H11BrClFN4O2S2. The second kappa shape index (κ2) is 7.10. The zero-order valence-corrected chi connectivity index (χ0v) is 17.1. The predicted molar refractivity (Wildman–Crippen MR) is 104 cm³/mol. The number of pyridine rings is 1. The summed E-state index contributed by atoms with van der Waals surface area (Å²) in [6.45, 7) is 1.59. The lowest BCUT2D eigenvalue weighted by Crippen LogP contribution is -2.16. The summed E-state index contributed by atoms with van der Waals surface area (Å²) in [6, 6.07) is 5.74. The third kappa shape index (κ3) is 3.83. The molecule has 2 aromatic heterocycles. The van der Waals surface area contributed by atoms with Gasteiger partial charge in [-0.3, -0.25) is 4.72 Å². The largest absolute Gasteiger partial charge is 0.397 e. The van der Waals surface area contributed by atoms with Crippen LogP contribution >= 0.6 is 38.9 Å². The van der Waals surface area contributed by atoms with Crippen molar-refractivity contribution in [2.75, 3.05) is 10.5 Å². The van der Waals surface area contributed by atoms with Crippen molar-refractivity contribution in [3.05, 3.63) is 50.7 Å². The van der Waals surface area contributed by atoms with E-state index in [2.05, 4.69) is 30.6 Å². The van der Waals surface area contributed by atoms with Gasteiger partial charge in [0.2, 0.25) is 0 Å². The number of nitrogens with one attached hydrogen (secondary N) is 1. The molecule has 0 saturated heterocycles. The summed E-state index contributed by atoms with van der Waals surface area (Å²) in [7, 11) is -3.95. The molecule has 2 heterocycles. The molecule has 11 heteroatoms. The van der Waals surface area contributed by atoms with Crippen LogP contribution < -0.4 is 10.5 Å². The quantitative estimate of drug-likeness (QED) is 0.578. The molecule has 3 aromatic rings. The average molecular weight is 478 g/mol. The Kier molecular flexibility index (Phi) is 5.20. The maximum Gasteiger partial charge on any atom is 0.281 e. The van der Waals surface area contributed by atoms with Gasteiger partial charge in [0.25, 0.3) is 10.0 Å². The number of aromatic nitrogens is 2. The summed E-state index contributed by atoms with van der Waals surface area (Å²) in [5, 5.41) is -0.0386. The molecule has 0 atom stereocenters. The van der Waals surface area contributed by atoms with Crippen molar-refractivity contribution in [2.24, 2.45) is 0 Å². The number of nitrogens with zero attached hydrogens (tertiary/aromatic N) is 2. The number of hydrogen-bond donors (Lipinski definition) is 2. The summed E-state index contributed by atoms with van der Waals surface area (Å²) in [5.74, 6) is -0.590. The Morgan fingerprint density at radius 1 is 1.35 bits per heavy atom. The third-order valence-electron chi connectivity index (χ3n) is 3.31. The fraction of sp³-hybridized carbons (Fsp3) is 0.0667. The van der Waals surface area contributed by atoms with Crippen molar-refractivity contribution >= 4 is 59.7 Å². The summed E-state index contributed by atoms with van der Waals surface area (Å²) < 4.78 is 41.7. The monoisotopic (exact) mass is 476 g/mol. The molecule has 0 bridgehead atoms. The van der Waals surface area contributed by atoms with Gasteiger partial charge in [0, 0.05) is 5.56 Å². The summed E-state index contributed by atoms with van der Waals surface area (Å²) in [5.41, 5.74) is 7.23. The standard InChI is InChI=1S/C15H11BrClFN4O2S2/c1-7-4-9(19)6-20-14(7)26(23,24)22-15-21-12(13(16)25-15)8-2-3-10(17)11(18)5-8/h2-6H,19H2,1H3,(H,21,22). The van der Waals surface area contributed by atoms with Crippen molar-refractivity contribution in [3.8, 4) is 11.3 Å². The number of benzene rings is 1. The van der Waals surface area contributed by atoms with Crippen LogP contribution in [0.3, 0.4) is 0 Å². The SMILES string of the molecule is Cc1cc(N)cnc1S(=O)(=O)Nc1nc(-c2ccc(Cl)c(F)c2)c(Br)s1. The highest BCUT2D eigenvalue weighted by atomic mass is 79.9. The van der Waals surface area contributed by atoms with E-state index < -0.39 is 15.8 Å². The van der Waals surface area contributed by atoms with Crippen molar-refractivity contribution in [2.45, 2.75) is 11.9 Å². The average Bonchev–Trinajstić information content (AvgIpc) is 2.89. The number of sulfonamides is 1. The molecule has 26 heavy (non-hydrogen) atoms. The van der Waals surface area contributed by atoms with Gasteiger partial charge in [0.05, 0.1) is 26.4 Å². The summed E-state index contributed by atoms with van der Waals surface area (Å²) >= 11 is 10.1. The maximum atomic E-state index is 13.7. The van der Waals surface area contributed by atoms with Gasteiger partial charge in [-0.1, -0.05) is 29.0 Å². The molecule has 1 aromatic carbocycles. The maximum absolute atomic E-state index is 13.7. The molecule has 136 valence electrons. The lowest BCUT2D eigenvalue weighted by atomic mass is 10.2. The number of nitrogens with two attached hydrogens (primary N) is 1. The van der Waals surface area contributed by atoms with Crippen LogP contribution in [0, 0.1) is 12.7 Å². The molecule has 3 N–H and O–H groups in total. The molecule has 0 unspecified atom stereocenters. The highest BCUT2D eigenvalue weighted by Gasteiger charge is 2.22. The second-order valence-corrected chi connectivity index (χ2v) is 9.59. The van der Waals surface area contributed by atoms with E-state index in [4.69, 9.17) is 17.3 Å². The van der Waals surface area contributed by atoms with Crippen molar-refractivity contribution in [3.63, 3.8) is 0 Å². The number of halogens is 3. The Hall–Kier alpha value is -1.75. The first-order valence-electron chi connectivity index (χ1n) is 7.04. The van der Waals surface area contributed by atoms with E-state index >= 15 is 0 Å². The molecule has 3 rings (SSSR count). The third-order valence-corrected chi connectivity index (χ3v) is 6.76. The van der Waals surface area contributed by atoms with Gasteiger partial charge in [0.1, 0.15) is 5.82 Å². The highest BCUT2D eigenvalue weighted by Crippen LogP contribution is 2.37. The zero-order valence-electron chi connectivity index (χ0n) is 13.1. The minimum absolute atomic E-state index is 0.00840. The lowest BCUT2D eigenvalue weighted by Gasteiger charge is -2.07. The lowest BCUT2D eigenvalue weighted by molar-refractivity contribution is 0.596. The van der Waals surface area contributed by atoms with E-state index in [-0.39, 0.29) is 15.2 Å². The van der Waals surface area contributed by atoms with E-state index in [1.807, 2.05) is 0 Å². The number of rotatable bonds is 4. The first-order chi connectivity index (χ1) is 12.2. The zero-order chi connectivity index (χ0) is 19.1. The van der Waals surface area contributed by atoms with E-state index in [1.165, 1.54) is 24.4 Å². The van der Waals surface area contributed by atoms with Crippen LogP contribution in [-0.2, 0) is 10.0 Å². The molecule has 6 nitrogen and oxygen atoms in total. The molecular weight excluding hydrogens is 467 g/mol. The van der Waals surface area contributed by atoms with Crippen molar-refractivity contribution in [1.29, 1.82) is 0 Å². The number of aryl methyl sites for hydroxylation is 1. The Bertz CT molecular complexity index is 1110. The van der Waals surface area contributed by atoms with E-state index in [0.29, 0.717) is 26.3 Å². The molecule has 0 aliphatic rings. The van der Waals surface area contributed by atoms with E-state index in [9.17, 15) is 12.8 Å². The van der Waals surface area contributed by atoms with E-state index in [0.717, 1.165) is 11.3 Å². The van der Waals surface area contributed by atoms with Gasteiger partial charge in [-0.25, -0.2) is 14.4 Å². The Balaban J connectivity index is 1.95. The fourth-order valence-corrected chi connectivity index (χ4v) is 5.20. The molecule has 0 radical (unpaired) electrons. The van der Waals surface area contributed by atoms with Gasteiger partial charge in [-0.05, 0) is 46.6 Å². The minimum Gasteiger partial charge on any atom is -0.397 e. The Labute approximate surface area is 166 Å². The van der Waals surface area contributed by atoms with Crippen molar-refractivity contribution < 1.29 is 12.8 Å². The van der Waals surface area contributed by atoms with Crippen LogP contribution in [-0.4, -0.2) is 18.4 Å². The van der Waals surface area contributed by atoms with Crippen LogP contribution in [0.2, 0.25) is 5.02 Å². The first-order valence-corrected chi connectivity index (χ1v) is 10.5. The normalized spacial score (nSPS) is 11.5. The summed E-state index contributed by atoms with van der Waals surface area (Å²) in [6.07, 6.45) is 1.27. The van der Waals surface area contributed by atoms with Gasteiger partial charge in [0.15, 0.2) is 10.2 Å². The molecule has 0 fully saturated rings. The Morgan fingerprint density at radius 3 is 2.73 bits per heavy atom.